The highest BCUT2D eigenvalue weighted by Crippen LogP contribution is 2.32. The largest absolute Gasteiger partial charge is 0.487 e. The molecule has 5 heteroatoms. The van der Waals surface area contributed by atoms with Crippen molar-refractivity contribution in [3.8, 4) is 5.75 Å². The van der Waals surface area contributed by atoms with Crippen LogP contribution in [0.3, 0.4) is 0 Å². The zero-order chi connectivity index (χ0) is 13.1. The molecule has 2 nitrogen and oxygen atoms in total. The Hall–Kier alpha value is -1.09. The minimum Gasteiger partial charge on any atom is -0.487 e. The van der Waals surface area contributed by atoms with E-state index in [2.05, 4.69) is 0 Å². The van der Waals surface area contributed by atoms with Crippen molar-refractivity contribution in [3.05, 3.63) is 57.0 Å². The molecule has 18 heavy (non-hydrogen) atoms. The lowest BCUT2D eigenvalue weighted by Gasteiger charge is -2.10. The lowest BCUT2D eigenvalue weighted by Crippen LogP contribution is -1.99. The average Bonchev–Trinajstić information content (AvgIpc) is 2.32. The third-order valence-electron chi connectivity index (χ3n) is 2.34. The summed E-state index contributed by atoms with van der Waals surface area (Å²) in [7, 11) is 0. The molecule has 0 heterocycles. The molecule has 0 spiro atoms. The molecule has 0 saturated heterocycles. The van der Waals surface area contributed by atoms with E-state index in [0.717, 1.165) is 5.56 Å². The Labute approximate surface area is 120 Å². The average molecular weight is 303 g/mol. The third-order valence-corrected chi connectivity index (χ3v) is 3.29. The Bertz CT molecular complexity index is 572. The highest BCUT2D eigenvalue weighted by Gasteiger charge is 2.06. The normalized spacial score (nSPS) is 10.4. The summed E-state index contributed by atoms with van der Waals surface area (Å²) in [5.74, 6) is 0.504. The molecule has 0 saturated carbocycles. The molecule has 0 fully saturated rings. The lowest BCUT2D eigenvalue weighted by molar-refractivity contribution is 0.308. The molecule has 0 aliphatic heterocycles. The predicted octanol–water partition coefficient (Wildman–Crippen LogP) is 4.81. The quantitative estimate of drug-likeness (QED) is 0.826. The standard InChI is InChI=1S/C13H10Cl3NO/c14-9-3-1-2-8(4-9)7-18-13-6-11(16)10(15)5-12(13)17/h1-6H,7,17H2. The molecular weight excluding hydrogens is 293 g/mol. The number of anilines is 1. The summed E-state index contributed by atoms with van der Waals surface area (Å²) in [5, 5.41) is 1.48. The summed E-state index contributed by atoms with van der Waals surface area (Å²) in [6.07, 6.45) is 0. The van der Waals surface area contributed by atoms with Crippen molar-refractivity contribution in [2.75, 3.05) is 5.73 Å². The molecule has 2 aromatic carbocycles. The van der Waals surface area contributed by atoms with Crippen LogP contribution in [0.4, 0.5) is 5.69 Å². The first-order valence-corrected chi connectivity index (χ1v) is 6.31. The van der Waals surface area contributed by atoms with E-state index in [1.807, 2.05) is 18.2 Å². The SMILES string of the molecule is Nc1cc(Cl)c(Cl)cc1OCc1cccc(Cl)c1. The number of hydrogen-bond acceptors (Lipinski definition) is 2. The van der Waals surface area contributed by atoms with Gasteiger partial charge in [0.15, 0.2) is 0 Å². The molecule has 0 atom stereocenters. The molecule has 0 aromatic heterocycles. The van der Waals surface area contributed by atoms with Crippen LogP contribution in [0, 0.1) is 0 Å². The molecule has 0 unspecified atom stereocenters. The minimum atomic E-state index is 0.364. The molecule has 2 aromatic rings. The fourth-order valence-corrected chi connectivity index (χ4v) is 2.00. The van der Waals surface area contributed by atoms with E-state index in [-0.39, 0.29) is 0 Å². The first-order valence-electron chi connectivity index (χ1n) is 5.18. The minimum absolute atomic E-state index is 0.364. The second-order valence-electron chi connectivity index (χ2n) is 3.72. The molecule has 2 rings (SSSR count). The van der Waals surface area contributed by atoms with Gasteiger partial charge >= 0.3 is 0 Å². The first-order chi connectivity index (χ1) is 8.56. The van der Waals surface area contributed by atoms with Gasteiger partial charge in [0.25, 0.3) is 0 Å². The monoisotopic (exact) mass is 301 g/mol. The van der Waals surface area contributed by atoms with Crippen molar-refractivity contribution >= 4 is 40.5 Å². The van der Waals surface area contributed by atoms with Crippen LogP contribution in [0.1, 0.15) is 5.56 Å². The van der Waals surface area contributed by atoms with Crippen molar-refractivity contribution in [1.82, 2.24) is 0 Å². The summed E-state index contributed by atoms with van der Waals surface area (Å²) in [4.78, 5) is 0. The van der Waals surface area contributed by atoms with Gasteiger partial charge in [-0.2, -0.15) is 0 Å². The van der Waals surface area contributed by atoms with E-state index in [4.69, 9.17) is 45.3 Å². The van der Waals surface area contributed by atoms with E-state index in [9.17, 15) is 0 Å². The zero-order valence-electron chi connectivity index (χ0n) is 9.29. The van der Waals surface area contributed by atoms with Crippen LogP contribution < -0.4 is 10.5 Å². The molecule has 0 amide bonds. The smallest absolute Gasteiger partial charge is 0.144 e. The van der Waals surface area contributed by atoms with Gasteiger partial charge < -0.3 is 10.5 Å². The van der Waals surface area contributed by atoms with Crippen LogP contribution in [0.15, 0.2) is 36.4 Å². The molecule has 0 bridgehead atoms. The lowest BCUT2D eigenvalue weighted by atomic mass is 10.2. The molecule has 2 N–H and O–H groups in total. The maximum atomic E-state index is 5.90. The van der Waals surface area contributed by atoms with E-state index in [1.54, 1.807) is 18.2 Å². The highest BCUT2D eigenvalue weighted by atomic mass is 35.5. The number of nitrogens with two attached hydrogens (primary N) is 1. The Morgan fingerprint density at radius 3 is 2.44 bits per heavy atom. The molecule has 0 radical (unpaired) electrons. The van der Waals surface area contributed by atoms with E-state index in [1.165, 1.54) is 0 Å². The Morgan fingerprint density at radius 2 is 1.72 bits per heavy atom. The van der Waals surface area contributed by atoms with Crippen molar-refractivity contribution in [2.45, 2.75) is 6.61 Å². The third kappa shape index (κ3) is 3.22. The van der Waals surface area contributed by atoms with Crippen LogP contribution in [0.25, 0.3) is 0 Å². The van der Waals surface area contributed by atoms with E-state index >= 15 is 0 Å². The van der Waals surface area contributed by atoms with Gasteiger partial charge in [0.05, 0.1) is 15.7 Å². The van der Waals surface area contributed by atoms with Gasteiger partial charge in [-0.1, -0.05) is 46.9 Å². The summed E-state index contributed by atoms with van der Waals surface area (Å²) >= 11 is 17.6. The second-order valence-corrected chi connectivity index (χ2v) is 4.97. The number of nitrogen functional groups attached to an aromatic ring is 1. The molecule has 94 valence electrons. The number of rotatable bonds is 3. The van der Waals surface area contributed by atoms with Crippen LogP contribution in [0.2, 0.25) is 15.1 Å². The molecule has 0 aliphatic rings. The van der Waals surface area contributed by atoms with Gasteiger partial charge in [-0.15, -0.1) is 0 Å². The molecule has 0 aliphatic carbocycles. The second kappa shape index (κ2) is 5.70. The Morgan fingerprint density at radius 1 is 1.00 bits per heavy atom. The van der Waals surface area contributed by atoms with Crippen molar-refractivity contribution in [3.63, 3.8) is 0 Å². The fourth-order valence-electron chi connectivity index (χ4n) is 1.46. The highest BCUT2D eigenvalue weighted by molar-refractivity contribution is 6.42. The first kappa shape index (κ1) is 13.3. The van der Waals surface area contributed by atoms with Gasteiger partial charge in [0.1, 0.15) is 12.4 Å². The fraction of sp³-hybridized carbons (Fsp3) is 0.0769. The van der Waals surface area contributed by atoms with Crippen molar-refractivity contribution in [2.24, 2.45) is 0 Å². The summed E-state index contributed by atoms with van der Waals surface area (Å²) < 4.78 is 5.59. The van der Waals surface area contributed by atoms with Crippen LogP contribution in [0.5, 0.6) is 5.75 Å². The summed E-state index contributed by atoms with van der Waals surface area (Å²) in [6, 6.07) is 10.6. The summed E-state index contributed by atoms with van der Waals surface area (Å²) in [5.41, 5.74) is 7.19. The van der Waals surface area contributed by atoms with Crippen molar-refractivity contribution in [1.29, 1.82) is 0 Å². The maximum absolute atomic E-state index is 5.90. The maximum Gasteiger partial charge on any atom is 0.144 e. The van der Waals surface area contributed by atoms with Crippen LogP contribution in [-0.2, 0) is 6.61 Å². The van der Waals surface area contributed by atoms with Crippen molar-refractivity contribution < 1.29 is 4.74 Å². The van der Waals surface area contributed by atoms with Crippen LogP contribution >= 0.6 is 34.8 Å². The number of benzene rings is 2. The van der Waals surface area contributed by atoms with Crippen LogP contribution in [-0.4, -0.2) is 0 Å². The topological polar surface area (TPSA) is 35.2 Å². The predicted molar refractivity (Wildman–Crippen MR) is 76.7 cm³/mol. The van der Waals surface area contributed by atoms with Gasteiger partial charge in [-0.05, 0) is 23.8 Å². The zero-order valence-corrected chi connectivity index (χ0v) is 11.6. The van der Waals surface area contributed by atoms with Gasteiger partial charge in [0, 0.05) is 11.1 Å². The van der Waals surface area contributed by atoms with Gasteiger partial charge in [0.2, 0.25) is 0 Å². The van der Waals surface area contributed by atoms with E-state index in [0.29, 0.717) is 33.1 Å². The molecular formula is C13H10Cl3NO. The number of halogens is 3. The Kier molecular flexibility index (Phi) is 4.23. The van der Waals surface area contributed by atoms with Gasteiger partial charge in [-0.3, -0.25) is 0 Å². The summed E-state index contributed by atoms with van der Waals surface area (Å²) in [6.45, 7) is 0.364. The number of hydrogen-bond donors (Lipinski definition) is 1. The Balaban J connectivity index is 2.13. The van der Waals surface area contributed by atoms with E-state index < -0.39 is 0 Å². The van der Waals surface area contributed by atoms with Gasteiger partial charge in [-0.25, -0.2) is 0 Å². The number of ether oxygens (including phenoxy) is 1.